The molecule has 2 unspecified atom stereocenters. The van der Waals surface area contributed by atoms with Gasteiger partial charge in [-0.3, -0.25) is 0 Å². The molecule has 5 rings (SSSR count). The van der Waals surface area contributed by atoms with Crippen LogP contribution in [-0.4, -0.2) is 4.87 Å². The van der Waals surface area contributed by atoms with E-state index in [2.05, 4.69) is 30.3 Å². The summed E-state index contributed by atoms with van der Waals surface area (Å²) in [5, 5.41) is 0. The zero-order valence-electron chi connectivity index (χ0n) is 10.1. The summed E-state index contributed by atoms with van der Waals surface area (Å²) in [6.45, 7) is 0. The highest BCUT2D eigenvalue weighted by Gasteiger charge is 2.57. The smallest absolute Gasteiger partial charge is 0.0460 e. The van der Waals surface area contributed by atoms with E-state index in [1.165, 1.54) is 44.1 Å². The minimum absolute atomic E-state index is 0.129. The molecule has 2 atom stereocenters. The lowest BCUT2D eigenvalue weighted by atomic mass is 9.47. The molecule has 4 bridgehead atoms. The van der Waals surface area contributed by atoms with Gasteiger partial charge in [-0.2, -0.15) is 0 Å². The van der Waals surface area contributed by atoms with E-state index in [1.807, 2.05) is 0 Å². The molecule has 1 heteroatoms. The SMILES string of the molecule is ClC12CC3CC(C1)CC(c1cc[c]cc1)(C3)C2. The summed E-state index contributed by atoms with van der Waals surface area (Å²) in [5.74, 6) is 1.77. The standard InChI is InChI=1S/C16H18Cl/c17-16-9-12-6-13(10-16)8-15(7-12,11-16)14-4-2-1-3-5-14/h2-5,12-13H,6-11H2. The third kappa shape index (κ3) is 1.50. The second-order valence-electron chi connectivity index (χ2n) is 6.68. The Hall–Kier alpha value is -0.490. The molecule has 0 amide bonds. The molecular weight excluding hydrogens is 228 g/mol. The van der Waals surface area contributed by atoms with Crippen molar-refractivity contribution in [2.24, 2.45) is 11.8 Å². The monoisotopic (exact) mass is 245 g/mol. The molecule has 0 saturated heterocycles. The lowest BCUT2D eigenvalue weighted by molar-refractivity contribution is 0.00899. The van der Waals surface area contributed by atoms with Crippen LogP contribution in [-0.2, 0) is 5.41 Å². The van der Waals surface area contributed by atoms with Crippen molar-refractivity contribution >= 4 is 11.6 Å². The van der Waals surface area contributed by atoms with Crippen molar-refractivity contribution < 1.29 is 0 Å². The van der Waals surface area contributed by atoms with E-state index in [0.29, 0.717) is 5.41 Å². The van der Waals surface area contributed by atoms with Gasteiger partial charge in [0, 0.05) is 4.87 Å². The Labute approximate surface area is 108 Å². The Bertz CT molecular complexity index is 422. The van der Waals surface area contributed by atoms with Crippen molar-refractivity contribution in [2.75, 3.05) is 0 Å². The van der Waals surface area contributed by atoms with Crippen LogP contribution in [0.3, 0.4) is 0 Å². The van der Waals surface area contributed by atoms with Crippen LogP contribution in [0.25, 0.3) is 0 Å². The summed E-state index contributed by atoms with van der Waals surface area (Å²) >= 11 is 6.86. The Morgan fingerprint density at radius 2 is 1.71 bits per heavy atom. The molecule has 4 saturated carbocycles. The van der Waals surface area contributed by atoms with Crippen LogP contribution in [0.4, 0.5) is 0 Å². The summed E-state index contributed by atoms with van der Waals surface area (Å²) in [6.07, 6.45) is 7.94. The molecule has 1 aromatic carbocycles. The van der Waals surface area contributed by atoms with E-state index in [1.54, 1.807) is 0 Å². The Balaban J connectivity index is 1.79. The maximum Gasteiger partial charge on any atom is 0.0460 e. The van der Waals surface area contributed by atoms with E-state index < -0.39 is 0 Å². The second-order valence-corrected chi connectivity index (χ2v) is 7.48. The number of alkyl halides is 1. The predicted molar refractivity (Wildman–Crippen MR) is 70.2 cm³/mol. The van der Waals surface area contributed by atoms with Gasteiger partial charge in [0.05, 0.1) is 0 Å². The molecule has 4 aliphatic carbocycles. The molecule has 0 spiro atoms. The lowest BCUT2D eigenvalue weighted by Crippen LogP contribution is -2.55. The highest BCUT2D eigenvalue weighted by Crippen LogP contribution is 2.64. The van der Waals surface area contributed by atoms with Gasteiger partial charge in [-0.1, -0.05) is 24.3 Å². The van der Waals surface area contributed by atoms with Crippen molar-refractivity contribution in [2.45, 2.75) is 48.8 Å². The second kappa shape index (κ2) is 3.29. The average molecular weight is 246 g/mol. The van der Waals surface area contributed by atoms with Crippen LogP contribution >= 0.6 is 11.6 Å². The summed E-state index contributed by atoms with van der Waals surface area (Å²) < 4.78 is 0. The minimum Gasteiger partial charge on any atom is -0.119 e. The Morgan fingerprint density at radius 1 is 1.06 bits per heavy atom. The molecule has 0 aliphatic heterocycles. The quantitative estimate of drug-likeness (QED) is 0.647. The van der Waals surface area contributed by atoms with Crippen LogP contribution in [0.5, 0.6) is 0 Å². The fraction of sp³-hybridized carbons (Fsp3) is 0.625. The van der Waals surface area contributed by atoms with E-state index in [0.717, 1.165) is 11.8 Å². The van der Waals surface area contributed by atoms with Gasteiger partial charge in [0.15, 0.2) is 0 Å². The molecule has 4 aliphatic rings. The fourth-order valence-corrected chi connectivity index (χ4v) is 5.92. The first kappa shape index (κ1) is 10.4. The summed E-state index contributed by atoms with van der Waals surface area (Å²) in [6, 6.07) is 11.8. The number of hydrogen-bond donors (Lipinski definition) is 0. The van der Waals surface area contributed by atoms with Crippen molar-refractivity contribution in [3.05, 3.63) is 35.9 Å². The molecule has 17 heavy (non-hydrogen) atoms. The largest absolute Gasteiger partial charge is 0.119 e. The van der Waals surface area contributed by atoms with Gasteiger partial charge in [0.25, 0.3) is 0 Å². The molecule has 1 radical (unpaired) electrons. The highest BCUT2D eigenvalue weighted by molar-refractivity contribution is 6.24. The third-order valence-corrected chi connectivity index (χ3v) is 5.76. The van der Waals surface area contributed by atoms with Crippen LogP contribution in [0.15, 0.2) is 24.3 Å². The van der Waals surface area contributed by atoms with E-state index in [9.17, 15) is 0 Å². The zero-order valence-corrected chi connectivity index (χ0v) is 10.8. The number of rotatable bonds is 1. The maximum atomic E-state index is 6.86. The number of halogens is 1. The number of benzene rings is 1. The molecule has 0 N–H and O–H groups in total. The van der Waals surface area contributed by atoms with Gasteiger partial charge in [0.2, 0.25) is 0 Å². The van der Waals surface area contributed by atoms with Gasteiger partial charge in [0.1, 0.15) is 0 Å². The first-order valence-electron chi connectivity index (χ1n) is 6.83. The molecule has 4 fully saturated rings. The van der Waals surface area contributed by atoms with Gasteiger partial charge >= 0.3 is 0 Å². The molecule has 0 heterocycles. The molecule has 0 aromatic heterocycles. The predicted octanol–water partition coefficient (Wildman–Crippen LogP) is 4.32. The zero-order chi connectivity index (χ0) is 11.5. The lowest BCUT2D eigenvalue weighted by Gasteiger charge is -2.60. The molecule has 1 aromatic rings. The van der Waals surface area contributed by atoms with Crippen LogP contribution < -0.4 is 0 Å². The van der Waals surface area contributed by atoms with Crippen LogP contribution in [0, 0.1) is 17.9 Å². The Morgan fingerprint density at radius 3 is 2.29 bits per heavy atom. The topological polar surface area (TPSA) is 0 Å². The van der Waals surface area contributed by atoms with Gasteiger partial charge in [-0.25, -0.2) is 0 Å². The Kier molecular flexibility index (Phi) is 2.02. The minimum atomic E-state index is 0.129. The van der Waals surface area contributed by atoms with Crippen LogP contribution in [0.2, 0.25) is 0 Å². The van der Waals surface area contributed by atoms with Crippen molar-refractivity contribution in [1.29, 1.82) is 0 Å². The third-order valence-electron chi connectivity index (χ3n) is 5.32. The molecular formula is C16H18Cl. The van der Waals surface area contributed by atoms with E-state index in [-0.39, 0.29) is 4.87 Å². The van der Waals surface area contributed by atoms with E-state index in [4.69, 9.17) is 11.6 Å². The van der Waals surface area contributed by atoms with Crippen molar-refractivity contribution in [3.63, 3.8) is 0 Å². The summed E-state index contributed by atoms with van der Waals surface area (Å²) in [5.41, 5.74) is 1.93. The van der Waals surface area contributed by atoms with Crippen molar-refractivity contribution in [1.82, 2.24) is 0 Å². The van der Waals surface area contributed by atoms with Crippen LogP contribution in [0.1, 0.15) is 44.1 Å². The fourth-order valence-electron chi connectivity index (χ4n) is 5.23. The summed E-state index contributed by atoms with van der Waals surface area (Å²) in [7, 11) is 0. The first-order chi connectivity index (χ1) is 8.18. The van der Waals surface area contributed by atoms with Crippen molar-refractivity contribution in [3.8, 4) is 0 Å². The normalized spacial score (nSPS) is 47.4. The van der Waals surface area contributed by atoms with Gasteiger partial charge in [-0.05, 0) is 67.4 Å². The number of hydrogen-bond acceptors (Lipinski definition) is 0. The summed E-state index contributed by atoms with van der Waals surface area (Å²) in [4.78, 5) is 0.129. The van der Waals surface area contributed by atoms with Gasteiger partial charge < -0.3 is 0 Å². The van der Waals surface area contributed by atoms with E-state index >= 15 is 0 Å². The molecule has 0 nitrogen and oxygen atoms in total. The maximum absolute atomic E-state index is 6.86. The molecule has 89 valence electrons. The first-order valence-corrected chi connectivity index (χ1v) is 7.21. The highest BCUT2D eigenvalue weighted by atomic mass is 35.5. The average Bonchev–Trinajstić information content (AvgIpc) is 2.27. The van der Waals surface area contributed by atoms with Gasteiger partial charge in [-0.15, -0.1) is 11.6 Å².